The first kappa shape index (κ1) is 17.8. The minimum atomic E-state index is -1.30. The summed E-state index contributed by atoms with van der Waals surface area (Å²) in [6, 6.07) is 3.54. The topological polar surface area (TPSA) is 113 Å². The van der Waals surface area contributed by atoms with Crippen molar-refractivity contribution in [3.63, 3.8) is 0 Å². The molecule has 1 aliphatic heterocycles. The van der Waals surface area contributed by atoms with Crippen LogP contribution in [0.5, 0.6) is 0 Å². The summed E-state index contributed by atoms with van der Waals surface area (Å²) in [5.41, 5.74) is 6.65. The third-order valence-corrected chi connectivity index (χ3v) is 5.02. The Hall–Kier alpha value is -1.97. The fourth-order valence-corrected chi connectivity index (χ4v) is 3.81. The largest absolute Gasteiger partial charge is 0.622 e. The molecule has 0 amide bonds. The van der Waals surface area contributed by atoms with Gasteiger partial charge in [0.05, 0.1) is 0 Å². The van der Waals surface area contributed by atoms with Gasteiger partial charge in [0, 0.05) is 6.42 Å². The lowest BCUT2D eigenvalue weighted by atomic mass is 9.86. The number of hydrogen-bond acceptors (Lipinski definition) is 6. The molecular formula is C16H23N5O3S. The Balaban J connectivity index is 2.18. The van der Waals surface area contributed by atoms with Gasteiger partial charge in [-0.25, -0.2) is 0 Å². The van der Waals surface area contributed by atoms with E-state index in [1.165, 1.54) is 0 Å². The van der Waals surface area contributed by atoms with Crippen molar-refractivity contribution in [2.24, 2.45) is 10.8 Å². The summed E-state index contributed by atoms with van der Waals surface area (Å²) in [6.45, 7) is 5.38. The third kappa shape index (κ3) is 2.62. The fraction of sp³-hybridized carbons (Fsp3) is 0.562. The zero-order chi connectivity index (χ0) is 18.4. The van der Waals surface area contributed by atoms with Crippen LogP contribution in [0.2, 0.25) is 0 Å². The number of nitrogens with one attached hydrogen (secondary N) is 1. The number of nitrogens with two attached hydrogens (primary N) is 1. The maximum Gasteiger partial charge on any atom is 0.292 e. The van der Waals surface area contributed by atoms with Gasteiger partial charge >= 0.3 is 0 Å². The van der Waals surface area contributed by atoms with Gasteiger partial charge in [-0.05, 0) is 64.4 Å². The van der Waals surface area contributed by atoms with Gasteiger partial charge in [0.25, 0.3) is 11.4 Å². The van der Waals surface area contributed by atoms with Crippen molar-refractivity contribution in [1.29, 1.82) is 0 Å². The lowest BCUT2D eigenvalue weighted by Crippen LogP contribution is -2.61. The second kappa shape index (κ2) is 6.08. The molecule has 1 fully saturated rings. The van der Waals surface area contributed by atoms with E-state index in [0.717, 1.165) is 22.6 Å². The molecule has 1 aromatic rings. The number of hydrogen-bond donors (Lipinski definition) is 3. The number of rotatable bonds is 2. The minimum absolute atomic E-state index is 0.0123. The van der Waals surface area contributed by atoms with Crippen LogP contribution in [0.15, 0.2) is 21.7 Å². The molecule has 136 valence electrons. The molecule has 2 aliphatic rings. The van der Waals surface area contributed by atoms with Gasteiger partial charge in [-0.2, -0.15) is 9.84 Å². The molecule has 1 saturated carbocycles. The number of aryl methyl sites for hydroxylation is 1. The van der Waals surface area contributed by atoms with E-state index in [0.29, 0.717) is 35.8 Å². The number of thiocarbonyl (C=S) groups is 1. The summed E-state index contributed by atoms with van der Waals surface area (Å²) in [5, 5.41) is 29.8. The van der Waals surface area contributed by atoms with Crippen LogP contribution in [0.25, 0.3) is 0 Å². The lowest BCUT2D eigenvalue weighted by molar-refractivity contribution is -0.568. The highest BCUT2D eigenvalue weighted by Gasteiger charge is 2.66. The molecule has 1 atom stereocenters. The van der Waals surface area contributed by atoms with E-state index in [1.54, 1.807) is 26.0 Å². The van der Waals surface area contributed by atoms with Gasteiger partial charge in [0.15, 0.2) is 10.9 Å². The molecular weight excluding hydrogens is 342 g/mol. The highest BCUT2D eigenvalue weighted by molar-refractivity contribution is 7.80. The SMILES string of the molecule is Cc1ccc(C2=[N+]([O-])C3(CCCCC3=NNC(N)=S)N(O)C2(C)C)o1. The highest BCUT2D eigenvalue weighted by Crippen LogP contribution is 2.42. The predicted octanol–water partition coefficient (Wildman–Crippen LogP) is 1.83. The normalized spacial score (nSPS) is 28.1. The molecule has 1 spiro atoms. The van der Waals surface area contributed by atoms with E-state index >= 15 is 0 Å². The zero-order valence-corrected chi connectivity index (χ0v) is 15.4. The highest BCUT2D eigenvalue weighted by atomic mass is 32.1. The third-order valence-electron chi connectivity index (χ3n) is 4.92. The van der Waals surface area contributed by atoms with E-state index < -0.39 is 11.2 Å². The summed E-state index contributed by atoms with van der Waals surface area (Å²) in [6.07, 6.45) is 2.67. The molecule has 4 N–H and O–H groups in total. The molecule has 0 aromatic carbocycles. The molecule has 8 nitrogen and oxygen atoms in total. The number of furan rings is 1. The molecule has 1 unspecified atom stereocenters. The van der Waals surface area contributed by atoms with Crippen molar-refractivity contribution >= 4 is 28.8 Å². The fourth-order valence-electron chi connectivity index (χ4n) is 3.77. The van der Waals surface area contributed by atoms with Crippen molar-refractivity contribution in [1.82, 2.24) is 10.5 Å². The van der Waals surface area contributed by atoms with E-state index in [1.807, 2.05) is 6.92 Å². The molecule has 3 rings (SSSR count). The number of nitrogens with zero attached hydrogens (tertiary/aromatic N) is 3. The predicted molar refractivity (Wildman–Crippen MR) is 97.4 cm³/mol. The van der Waals surface area contributed by atoms with Gasteiger partial charge in [0.2, 0.25) is 0 Å². The van der Waals surface area contributed by atoms with Crippen LogP contribution < -0.4 is 11.2 Å². The summed E-state index contributed by atoms with van der Waals surface area (Å²) in [7, 11) is 0. The van der Waals surface area contributed by atoms with E-state index in [4.69, 9.17) is 22.4 Å². The monoisotopic (exact) mass is 365 g/mol. The van der Waals surface area contributed by atoms with Crippen molar-refractivity contribution in [2.45, 2.75) is 57.7 Å². The number of hydroxylamine groups is 3. The zero-order valence-electron chi connectivity index (χ0n) is 14.6. The molecule has 2 heterocycles. The Bertz CT molecular complexity index is 770. The smallest absolute Gasteiger partial charge is 0.292 e. The van der Waals surface area contributed by atoms with Crippen molar-refractivity contribution in [3.05, 3.63) is 28.9 Å². The van der Waals surface area contributed by atoms with E-state index in [9.17, 15) is 10.4 Å². The van der Waals surface area contributed by atoms with Gasteiger partial charge < -0.3 is 20.6 Å². The van der Waals surface area contributed by atoms with Gasteiger partial charge in [-0.1, -0.05) is 0 Å². The average molecular weight is 365 g/mol. The molecule has 1 aromatic heterocycles. The molecule has 9 heteroatoms. The van der Waals surface area contributed by atoms with Gasteiger partial charge in [-0.3, -0.25) is 5.43 Å². The molecule has 25 heavy (non-hydrogen) atoms. The van der Waals surface area contributed by atoms with Crippen molar-refractivity contribution in [2.75, 3.05) is 0 Å². The Kier molecular flexibility index (Phi) is 4.34. The summed E-state index contributed by atoms with van der Waals surface area (Å²) < 4.78 is 6.51. The van der Waals surface area contributed by atoms with E-state index in [-0.39, 0.29) is 5.11 Å². The van der Waals surface area contributed by atoms with E-state index in [2.05, 4.69) is 10.5 Å². The second-order valence-corrected chi connectivity index (χ2v) is 7.42. The Morgan fingerprint density at radius 1 is 1.48 bits per heavy atom. The Morgan fingerprint density at radius 2 is 2.20 bits per heavy atom. The lowest BCUT2D eigenvalue weighted by Gasteiger charge is -2.38. The van der Waals surface area contributed by atoms with Crippen LogP contribution in [0.3, 0.4) is 0 Å². The summed E-state index contributed by atoms with van der Waals surface area (Å²) >= 11 is 4.81. The van der Waals surface area contributed by atoms with Crippen molar-refractivity contribution in [3.8, 4) is 0 Å². The van der Waals surface area contributed by atoms with Gasteiger partial charge in [-0.15, -0.1) is 5.06 Å². The van der Waals surface area contributed by atoms with Crippen LogP contribution in [0, 0.1) is 12.1 Å². The maximum atomic E-state index is 13.4. The maximum absolute atomic E-state index is 13.4. The van der Waals surface area contributed by atoms with Crippen LogP contribution >= 0.6 is 12.2 Å². The van der Waals surface area contributed by atoms with Crippen LogP contribution in [0.1, 0.15) is 51.1 Å². The van der Waals surface area contributed by atoms with Crippen LogP contribution in [-0.4, -0.2) is 42.7 Å². The van der Waals surface area contributed by atoms with Crippen molar-refractivity contribution < 1.29 is 14.4 Å². The second-order valence-electron chi connectivity index (χ2n) is 6.98. The number of hydrazone groups is 1. The first-order valence-electron chi connectivity index (χ1n) is 8.24. The summed E-state index contributed by atoms with van der Waals surface area (Å²) in [5.74, 6) is 1.14. The molecule has 0 bridgehead atoms. The van der Waals surface area contributed by atoms with Gasteiger partial charge in [0.1, 0.15) is 17.0 Å². The quantitative estimate of drug-likeness (QED) is 0.317. The first-order valence-corrected chi connectivity index (χ1v) is 8.65. The minimum Gasteiger partial charge on any atom is -0.622 e. The Morgan fingerprint density at radius 3 is 2.80 bits per heavy atom. The van der Waals surface area contributed by atoms with Crippen LogP contribution in [-0.2, 0) is 0 Å². The average Bonchev–Trinajstić information content (AvgIpc) is 3.02. The molecule has 0 radical (unpaired) electrons. The summed E-state index contributed by atoms with van der Waals surface area (Å²) in [4.78, 5) is 0. The molecule has 0 saturated heterocycles. The molecule has 1 aliphatic carbocycles. The standard InChI is InChI=1S/C16H23N5O3S/c1-10-7-8-11(24-10)13-15(2,3)21(23)16(20(13)22)9-5-4-6-12(16)18-19-14(17)25/h7-8,23H,4-6,9H2,1-3H3,(H3,17,19,25). The Labute approximate surface area is 151 Å². The first-order chi connectivity index (χ1) is 11.7. The van der Waals surface area contributed by atoms with Crippen LogP contribution in [0.4, 0.5) is 0 Å².